The van der Waals surface area contributed by atoms with Gasteiger partial charge in [-0.25, -0.2) is 9.97 Å². The van der Waals surface area contributed by atoms with E-state index in [0.717, 1.165) is 49.3 Å². The maximum atomic E-state index is 13.7. The van der Waals surface area contributed by atoms with Gasteiger partial charge in [0.1, 0.15) is 6.61 Å². The minimum absolute atomic E-state index is 0.0278. The van der Waals surface area contributed by atoms with Gasteiger partial charge in [0.2, 0.25) is 5.65 Å². The summed E-state index contributed by atoms with van der Waals surface area (Å²) in [6.07, 6.45) is 7.30. The summed E-state index contributed by atoms with van der Waals surface area (Å²) in [5.74, 6) is 0.297. The van der Waals surface area contributed by atoms with E-state index in [2.05, 4.69) is 44.3 Å². The van der Waals surface area contributed by atoms with E-state index < -0.39 is 0 Å². The van der Waals surface area contributed by atoms with Crippen LogP contribution in [0.1, 0.15) is 42.7 Å². The fourth-order valence-corrected chi connectivity index (χ4v) is 5.56. The molecule has 2 aliphatic heterocycles. The zero-order valence-electron chi connectivity index (χ0n) is 23.2. The van der Waals surface area contributed by atoms with Crippen molar-refractivity contribution in [3.8, 4) is 11.9 Å². The maximum absolute atomic E-state index is 13.7. The molecule has 0 bridgehead atoms. The highest BCUT2D eigenvalue weighted by Crippen LogP contribution is 2.31. The van der Waals surface area contributed by atoms with Gasteiger partial charge < -0.3 is 29.7 Å². The highest BCUT2D eigenvalue weighted by molar-refractivity contribution is 6.13. The first-order valence-corrected chi connectivity index (χ1v) is 13.6. The molecule has 12 heteroatoms. The van der Waals surface area contributed by atoms with Crippen LogP contribution in [0.2, 0.25) is 0 Å². The van der Waals surface area contributed by atoms with Gasteiger partial charge in [0.05, 0.1) is 36.2 Å². The van der Waals surface area contributed by atoms with E-state index >= 15 is 0 Å². The third-order valence-electron chi connectivity index (χ3n) is 7.23. The Hall–Kier alpha value is -4.03. The van der Waals surface area contributed by atoms with Crippen molar-refractivity contribution in [3.63, 3.8) is 0 Å². The molecule has 0 saturated carbocycles. The van der Waals surface area contributed by atoms with Crippen molar-refractivity contribution in [2.75, 3.05) is 43.6 Å². The number of nitrogens with one attached hydrogen (secondary N) is 2. The Kier molecular flexibility index (Phi) is 7.11. The first-order chi connectivity index (χ1) is 19.4. The number of imidazole rings is 1. The second-order valence-electron chi connectivity index (χ2n) is 10.6. The minimum atomic E-state index is -0.354. The number of aromatic nitrogens is 5. The molecule has 2 N–H and O–H groups in total. The number of hydrogen-bond acceptors (Lipinski definition) is 10. The second-order valence-corrected chi connectivity index (χ2v) is 10.6. The van der Waals surface area contributed by atoms with E-state index in [-0.39, 0.29) is 18.0 Å². The number of methoxy groups -OCH3 is 1. The zero-order chi connectivity index (χ0) is 27.8. The molecule has 2 aliphatic rings. The highest BCUT2D eigenvalue weighted by atomic mass is 16.5. The third kappa shape index (κ3) is 5.24. The smallest absolute Gasteiger partial charge is 0.317 e. The molecule has 1 aromatic carbocycles. The number of benzene rings is 1. The Morgan fingerprint density at radius 2 is 2.00 bits per heavy atom. The standard InChI is InChI=1S/C28H34N8O4/c1-16-11-35(12-17(2)30-16)22-8-7-20(24-21(22)10-29-28(34-24)40-15-19-6-5-9-39-19)26(37)32-23-14-36-13-18(3)31-25(36)27(33-23)38-4/h7-8,10,13-14,16-17,19,30H,5-6,9,11-12,15H2,1-4H3,(H,32,37)/t16-,17-,19+/m0/s1. The Balaban J connectivity index is 1.36. The molecular formula is C28H34N8O4. The molecule has 3 aromatic heterocycles. The molecule has 12 nitrogen and oxygen atoms in total. The summed E-state index contributed by atoms with van der Waals surface area (Å²) in [5, 5.41) is 7.26. The summed E-state index contributed by atoms with van der Waals surface area (Å²) in [4.78, 5) is 34.1. The Morgan fingerprint density at radius 3 is 2.75 bits per heavy atom. The molecule has 3 atom stereocenters. The first-order valence-electron chi connectivity index (χ1n) is 13.6. The lowest BCUT2D eigenvalue weighted by atomic mass is 10.0. The van der Waals surface area contributed by atoms with Crippen molar-refractivity contribution >= 4 is 34.0 Å². The first kappa shape index (κ1) is 26.2. The minimum Gasteiger partial charge on any atom is -0.478 e. The van der Waals surface area contributed by atoms with E-state index in [9.17, 15) is 4.79 Å². The average Bonchev–Trinajstić information content (AvgIpc) is 3.59. The van der Waals surface area contributed by atoms with Crippen LogP contribution >= 0.6 is 0 Å². The molecule has 6 rings (SSSR count). The number of anilines is 2. The molecule has 1 amide bonds. The predicted molar refractivity (Wildman–Crippen MR) is 151 cm³/mol. The third-order valence-corrected chi connectivity index (χ3v) is 7.23. The van der Waals surface area contributed by atoms with Crippen LogP contribution < -0.4 is 25.0 Å². The van der Waals surface area contributed by atoms with Gasteiger partial charge in [-0.3, -0.25) is 9.20 Å². The predicted octanol–water partition coefficient (Wildman–Crippen LogP) is 2.99. The molecule has 0 spiro atoms. The number of aryl methyl sites for hydroxylation is 1. The summed E-state index contributed by atoms with van der Waals surface area (Å²) >= 11 is 0. The fourth-order valence-electron chi connectivity index (χ4n) is 5.56. The molecule has 5 heterocycles. The average molecular weight is 547 g/mol. The summed E-state index contributed by atoms with van der Waals surface area (Å²) in [6.45, 7) is 8.99. The number of hydrogen-bond donors (Lipinski definition) is 2. The molecule has 2 saturated heterocycles. The number of carbonyl (C=O) groups excluding carboxylic acids is 1. The van der Waals surface area contributed by atoms with Crippen molar-refractivity contribution in [2.24, 2.45) is 0 Å². The number of fused-ring (bicyclic) bond motifs is 2. The van der Waals surface area contributed by atoms with E-state index in [1.165, 1.54) is 7.11 Å². The Labute approximate surface area is 232 Å². The number of amides is 1. The van der Waals surface area contributed by atoms with Crippen LogP contribution in [-0.4, -0.2) is 81.8 Å². The van der Waals surface area contributed by atoms with Gasteiger partial charge in [-0.05, 0) is 45.7 Å². The number of nitrogens with zero attached hydrogens (tertiary/aromatic N) is 6. The van der Waals surface area contributed by atoms with Crippen LogP contribution in [0.25, 0.3) is 16.6 Å². The topological polar surface area (TPSA) is 128 Å². The van der Waals surface area contributed by atoms with Crippen LogP contribution in [0.3, 0.4) is 0 Å². The zero-order valence-corrected chi connectivity index (χ0v) is 23.2. The van der Waals surface area contributed by atoms with Gasteiger partial charge in [-0.1, -0.05) is 0 Å². The van der Waals surface area contributed by atoms with E-state index in [1.54, 1.807) is 22.9 Å². The van der Waals surface area contributed by atoms with Crippen LogP contribution in [0, 0.1) is 6.92 Å². The van der Waals surface area contributed by atoms with Crippen molar-refractivity contribution in [2.45, 2.75) is 51.8 Å². The van der Waals surface area contributed by atoms with Gasteiger partial charge >= 0.3 is 6.01 Å². The highest BCUT2D eigenvalue weighted by Gasteiger charge is 2.25. The molecule has 210 valence electrons. The monoisotopic (exact) mass is 546 g/mol. The summed E-state index contributed by atoms with van der Waals surface area (Å²) in [5.41, 5.74) is 3.27. The maximum Gasteiger partial charge on any atom is 0.317 e. The van der Waals surface area contributed by atoms with Crippen LogP contribution in [0.5, 0.6) is 11.9 Å². The van der Waals surface area contributed by atoms with E-state index in [1.807, 2.05) is 19.2 Å². The van der Waals surface area contributed by atoms with Gasteiger partial charge in [0.25, 0.3) is 11.8 Å². The number of piperazine rings is 1. The lowest BCUT2D eigenvalue weighted by molar-refractivity contribution is 0.0646. The molecule has 0 aliphatic carbocycles. The van der Waals surface area contributed by atoms with Crippen LogP contribution in [0.4, 0.5) is 11.5 Å². The van der Waals surface area contributed by atoms with Crippen molar-refractivity contribution in [1.29, 1.82) is 0 Å². The largest absolute Gasteiger partial charge is 0.478 e. The molecular weight excluding hydrogens is 512 g/mol. The van der Waals surface area contributed by atoms with Gasteiger partial charge in [-0.15, -0.1) is 0 Å². The lowest BCUT2D eigenvalue weighted by Gasteiger charge is -2.38. The van der Waals surface area contributed by atoms with E-state index in [4.69, 9.17) is 19.2 Å². The Bertz CT molecular complexity index is 1540. The summed E-state index contributed by atoms with van der Waals surface area (Å²) in [7, 11) is 1.52. The quantitative estimate of drug-likeness (QED) is 0.357. The second kappa shape index (κ2) is 10.9. The Morgan fingerprint density at radius 1 is 1.18 bits per heavy atom. The summed E-state index contributed by atoms with van der Waals surface area (Å²) in [6, 6.07) is 4.62. The molecule has 4 aromatic rings. The molecule has 2 fully saturated rings. The van der Waals surface area contributed by atoms with Gasteiger partial charge in [0, 0.05) is 55.2 Å². The van der Waals surface area contributed by atoms with Crippen molar-refractivity contribution < 1.29 is 19.0 Å². The van der Waals surface area contributed by atoms with Crippen molar-refractivity contribution in [1.82, 2.24) is 29.7 Å². The number of carbonyl (C=O) groups is 1. The number of rotatable bonds is 7. The van der Waals surface area contributed by atoms with Crippen LogP contribution in [-0.2, 0) is 4.74 Å². The molecule has 0 unspecified atom stereocenters. The number of ether oxygens (including phenoxy) is 3. The van der Waals surface area contributed by atoms with Gasteiger partial charge in [0.15, 0.2) is 5.82 Å². The van der Waals surface area contributed by atoms with E-state index in [0.29, 0.717) is 47.1 Å². The fraction of sp³-hybridized carbons (Fsp3) is 0.464. The van der Waals surface area contributed by atoms with Gasteiger partial charge in [-0.2, -0.15) is 9.97 Å². The normalized spacial score (nSPS) is 21.2. The van der Waals surface area contributed by atoms with Crippen LogP contribution in [0.15, 0.2) is 30.7 Å². The molecule has 40 heavy (non-hydrogen) atoms. The summed E-state index contributed by atoms with van der Waals surface area (Å²) < 4.78 is 18.8. The SMILES string of the molecule is COc1nc(NC(=O)c2ccc(N3C[C@H](C)N[C@@H](C)C3)c3cnc(OC[C@H]4CCCO4)nc23)cn2cc(C)nc12. The molecule has 0 radical (unpaired) electrons. The lowest BCUT2D eigenvalue weighted by Crippen LogP contribution is -2.54. The van der Waals surface area contributed by atoms with Crippen molar-refractivity contribution in [3.05, 3.63) is 42.0 Å².